The third-order valence-electron chi connectivity index (χ3n) is 3.50. The second-order valence-electron chi connectivity index (χ2n) is 4.85. The van der Waals surface area contributed by atoms with Crippen LogP contribution in [-0.2, 0) is 10.0 Å². The molecule has 0 atom stereocenters. The van der Waals surface area contributed by atoms with Crippen LogP contribution in [0.15, 0.2) is 24.8 Å². The molecule has 0 amide bonds. The molecule has 1 fully saturated rings. The van der Waals surface area contributed by atoms with E-state index in [4.69, 9.17) is 0 Å². The van der Waals surface area contributed by atoms with E-state index in [1.54, 1.807) is 12.1 Å². The van der Waals surface area contributed by atoms with Crippen LogP contribution in [0.1, 0.15) is 5.56 Å². The first-order chi connectivity index (χ1) is 9.82. The van der Waals surface area contributed by atoms with Crippen LogP contribution < -0.4 is 4.90 Å². The van der Waals surface area contributed by atoms with Gasteiger partial charge in [0.2, 0.25) is 10.0 Å². The highest BCUT2D eigenvalue weighted by Gasteiger charge is 2.24. The summed E-state index contributed by atoms with van der Waals surface area (Å²) in [6.07, 6.45) is 2.63. The smallest absolute Gasteiger partial charge is 0.278 e. The molecule has 0 aliphatic carbocycles. The number of anilines is 1. The Morgan fingerprint density at radius 1 is 1.29 bits per heavy atom. The molecule has 8 heteroatoms. The van der Waals surface area contributed by atoms with Crippen LogP contribution >= 0.6 is 0 Å². The van der Waals surface area contributed by atoms with Crippen molar-refractivity contribution in [1.29, 1.82) is 0 Å². The van der Waals surface area contributed by atoms with E-state index in [0.717, 1.165) is 5.69 Å². The average Bonchev–Trinajstić information content (AvgIpc) is 2.45. The number of sulfonamides is 1. The van der Waals surface area contributed by atoms with Crippen LogP contribution in [-0.4, -0.2) is 50.1 Å². The molecule has 1 aliphatic rings. The number of nitro groups is 1. The van der Waals surface area contributed by atoms with E-state index in [9.17, 15) is 18.5 Å². The summed E-state index contributed by atoms with van der Waals surface area (Å²) < 4.78 is 24.3. The van der Waals surface area contributed by atoms with Gasteiger partial charge in [-0.1, -0.05) is 12.7 Å². The third-order valence-corrected chi connectivity index (χ3v) is 4.81. The van der Waals surface area contributed by atoms with Gasteiger partial charge in [0, 0.05) is 37.9 Å². The SMILES string of the molecule is C=Cc1ccc(N2CCN(S(C)(=O)=O)CC2)cc1[N+](=O)[O-]. The molecular formula is C13H17N3O4S. The van der Waals surface area contributed by atoms with Crippen LogP contribution in [0, 0.1) is 10.1 Å². The Kier molecular flexibility index (Phi) is 4.29. The number of benzene rings is 1. The Labute approximate surface area is 123 Å². The summed E-state index contributed by atoms with van der Waals surface area (Å²) in [5.74, 6) is 0. The Balaban J connectivity index is 2.19. The summed E-state index contributed by atoms with van der Waals surface area (Å²) in [6.45, 7) is 5.35. The number of hydrogen-bond acceptors (Lipinski definition) is 5. The number of hydrogen-bond donors (Lipinski definition) is 0. The molecule has 0 unspecified atom stereocenters. The molecular weight excluding hydrogens is 294 g/mol. The first kappa shape index (κ1) is 15.5. The first-order valence-corrected chi connectivity index (χ1v) is 8.28. The molecule has 2 rings (SSSR count). The van der Waals surface area contributed by atoms with Crippen molar-refractivity contribution in [3.63, 3.8) is 0 Å². The van der Waals surface area contributed by atoms with Crippen molar-refractivity contribution in [2.75, 3.05) is 37.3 Å². The standard InChI is InChI=1S/C13H17N3O4S/c1-3-11-4-5-12(10-13(11)16(17)18)14-6-8-15(9-7-14)21(2,19)20/h3-5,10H,1,6-9H2,2H3. The fourth-order valence-corrected chi connectivity index (χ4v) is 3.16. The molecule has 114 valence electrons. The number of rotatable bonds is 4. The highest BCUT2D eigenvalue weighted by Crippen LogP contribution is 2.27. The Morgan fingerprint density at radius 2 is 1.90 bits per heavy atom. The number of nitro benzene ring substituents is 1. The Morgan fingerprint density at radius 3 is 2.38 bits per heavy atom. The predicted octanol–water partition coefficient (Wildman–Crippen LogP) is 1.32. The zero-order chi connectivity index (χ0) is 15.6. The molecule has 1 aliphatic heterocycles. The van der Waals surface area contributed by atoms with Gasteiger partial charge in [-0.3, -0.25) is 10.1 Å². The Hall–Kier alpha value is -1.93. The lowest BCUT2D eigenvalue weighted by Crippen LogP contribution is -2.48. The lowest BCUT2D eigenvalue weighted by molar-refractivity contribution is -0.385. The van der Waals surface area contributed by atoms with Gasteiger partial charge in [-0.15, -0.1) is 0 Å². The molecule has 0 radical (unpaired) electrons. The van der Waals surface area contributed by atoms with Gasteiger partial charge in [0.05, 0.1) is 16.7 Å². The van der Waals surface area contributed by atoms with Gasteiger partial charge in [0.15, 0.2) is 0 Å². The number of piperazine rings is 1. The molecule has 21 heavy (non-hydrogen) atoms. The topological polar surface area (TPSA) is 83.8 Å². The van der Waals surface area contributed by atoms with E-state index in [1.165, 1.54) is 22.7 Å². The lowest BCUT2D eigenvalue weighted by atomic mass is 10.1. The monoisotopic (exact) mass is 311 g/mol. The summed E-state index contributed by atoms with van der Waals surface area (Å²) in [5, 5.41) is 11.1. The molecule has 0 aromatic heterocycles. The molecule has 0 bridgehead atoms. The zero-order valence-electron chi connectivity index (χ0n) is 11.7. The van der Waals surface area contributed by atoms with Crippen molar-refractivity contribution in [2.45, 2.75) is 0 Å². The molecule has 1 saturated heterocycles. The predicted molar refractivity (Wildman–Crippen MR) is 81.8 cm³/mol. The van der Waals surface area contributed by atoms with Crippen LogP contribution in [0.4, 0.5) is 11.4 Å². The van der Waals surface area contributed by atoms with E-state index in [-0.39, 0.29) is 5.69 Å². The minimum Gasteiger partial charge on any atom is -0.369 e. The third kappa shape index (κ3) is 3.40. The summed E-state index contributed by atoms with van der Waals surface area (Å²) >= 11 is 0. The summed E-state index contributed by atoms with van der Waals surface area (Å²) in [7, 11) is -3.18. The summed E-state index contributed by atoms with van der Waals surface area (Å²) in [4.78, 5) is 12.6. The lowest BCUT2D eigenvalue weighted by Gasteiger charge is -2.34. The quantitative estimate of drug-likeness (QED) is 0.618. The minimum absolute atomic E-state index is 0.00745. The normalized spacial score (nSPS) is 16.7. The van der Waals surface area contributed by atoms with Gasteiger partial charge in [-0.25, -0.2) is 8.42 Å². The molecule has 1 aromatic rings. The van der Waals surface area contributed by atoms with Crippen LogP contribution in [0.5, 0.6) is 0 Å². The van der Waals surface area contributed by atoms with Gasteiger partial charge in [0.1, 0.15) is 0 Å². The van der Waals surface area contributed by atoms with E-state index >= 15 is 0 Å². The molecule has 0 N–H and O–H groups in total. The van der Waals surface area contributed by atoms with E-state index in [1.807, 2.05) is 4.90 Å². The average molecular weight is 311 g/mol. The highest BCUT2D eigenvalue weighted by atomic mass is 32.2. The van der Waals surface area contributed by atoms with Crippen molar-refractivity contribution in [1.82, 2.24) is 4.31 Å². The summed E-state index contributed by atoms with van der Waals surface area (Å²) in [6, 6.07) is 4.96. The van der Waals surface area contributed by atoms with Crippen LogP contribution in [0.25, 0.3) is 6.08 Å². The van der Waals surface area contributed by atoms with E-state index in [2.05, 4.69) is 6.58 Å². The summed E-state index contributed by atoms with van der Waals surface area (Å²) in [5.41, 5.74) is 1.20. The number of nitrogens with zero attached hydrogens (tertiary/aromatic N) is 3. The maximum absolute atomic E-state index is 11.5. The van der Waals surface area contributed by atoms with Crippen molar-refractivity contribution < 1.29 is 13.3 Å². The van der Waals surface area contributed by atoms with Gasteiger partial charge in [-0.2, -0.15) is 4.31 Å². The molecule has 0 spiro atoms. The van der Waals surface area contributed by atoms with Gasteiger partial charge >= 0.3 is 0 Å². The largest absolute Gasteiger partial charge is 0.369 e. The van der Waals surface area contributed by atoms with Crippen LogP contribution in [0.2, 0.25) is 0 Å². The molecule has 1 heterocycles. The maximum Gasteiger partial charge on any atom is 0.278 e. The maximum atomic E-state index is 11.5. The van der Waals surface area contributed by atoms with E-state index in [0.29, 0.717) is 31.7 Å². The first-order valence-electron chi connectivity index (χ1n) is 6.44. The highest BCUT2D eigenvalue weighted by molar-refractivity contribution is 7.88. The second-order valence-corrected chi connectivity index (χ2v) is 6.84. The second kappa shape index (κ2) is 5.82. The van der Waals surface area contributed by atoms with Crippen LogP contribution in [0.3, 0.4) is 0 Å². The van der Waals surface area contributed by atoms with Crippen molar-refractivity contribution >= 4 is 27.5 Å². The van der Waals surface area contributed by atoms with Gasteiger partial charge in [-0.05, 0) is 12.1 Å². The van der Waals surface area contributed by atoms with Crippen molar-refractivity contribution in [2.24, 2.45) is 0 Å². The molecule has 1 aromatic carbocycles. The van der Waals surface area contributed by atoms with Crippen molar-refractivity contribution in [3.8, 4) is 0 Å². The fraction of sp³-hybridized carbons (Fsp3) is 0.385. The molecule has 0 saturated carbocycles. The zero-order valence-corrected chi connectivity index (χ0v) is 12.5. The van der Waals surface area contributed by atoms with Gasteiger partial charge < -0.3 is 4.90 Å². The van der Waals surface area contributed by atoms with E-state index < -0.39 is 14.9 Å². The minimum atomic E-state index is -3.18. The van der Waals surface area contributed by atoms with Crippen molar-refractivity contribution in [3.05, 3.63) is 40.5 Å². The van der Waals surface area contributed by atoms with Gasteiger partial charge in [0.25, 0.3) is 5.69 Å². The Bertz CT molecular complexity index is 664. The molecule has 7 nitrogen and oxygen atoms in total. The fourth-order valence-electron chi connectivity index (χ4n) is 2.34.